The van der Waals surface area contributed by atoms with Gasteiger partial charge >= 0.3 is 0 Å². The van der Waals surface area contributed by atoms with Gasteiger partial charge in [-0.1, -0.05) is 23.7 Å². The zero-order valence-corrected chi connectivity index (χ0v) is 12.1. The Bertz CT molecular complexity index is 852. The van der Waals surface area contributed by atoms with Crippen LogP contribution in [0, 0.1) is 6.92 Å². The standard InChI is InChI=1S/C15H11ClO2S/c1-8-6-7-9(16)12-14(17)13-10(18-2)4-3-5-11(13)19-15(8)12/h3-7H,1-2H3. The number of hydrogen-bond donors (Lipinski definition) is 0. The molecule has 0 saturated heterocycles. The summed E-state index contributed by atoms with van der Waals surface area (Å²) >= 11 is 7.77. The average Bonchev–Trinajstić information content (AvgIpc) is 2.42. The van der Waals surface area contributed by atoms with Gasteiger partial charge in [0.25, 0.3) is 0 Å². The second kappa shape index (κ2) is 4.51. The van der Waals surface area contributed by atoms with Gasteiger partial charge in [-0.2, -0.15) is 0 Å². The van der Waals surface area contributed by atoms with Gasteiger partial charge in [0.1, 0.15) is 5.75 Å². The van der Waals surface area contributed by atoms with E-state index >= 15 is 0 Å². The fraction of sp³-hybridized carbons (Fsp3) is 0.133. The third-order valence-corrected chi connectivity index (χ3v) is 4.78. The molecule has 2 nitrogen and oxygen atoms in total. The molecule has 0 unspecified atom stereocenters. The maximum Gasteiger partial charge on any atom is 0.201 e. The van der Waals surface area contributed by atoms with Crippen molar-refractivity contribution in [1.29, 1.82) is 0 Å². The van der Waals surface area contributed by atoms with Gasteiger partial charge < -0.3 is 4.74 Å². The van der Waals surface area contributed by atoms with Gasteiger partial charge in [-0.15, -0.1) is 11.3 Å². The summed E-state index contributed by atoms with van der Waals surface area (Å²) in [5.74, 6) is 0.596. The summed E-state index contributed by atoms with van der Waals surface area (Å²) in [6.45, 7) is 1.99. The van der Waals surface area contributed by atoms with Crippen LogP contribution in [0.4, 0.5) is 0 Å². The summed E-state index contributed by atoms with van der Waals surface area (Å²) in [5.41, 5.74) is 1.00. The quantitative estimate of drug-likeness (QED) is 0.622. The highest BCUT2D eigenvalue weighted by Crippen LogP contribution is 2.34. The van der Waals surface area contributed by atoms with Gasteiger partial charge in [-0.05, 0) is 30.7 Å². The highest BCUT2D eigenvalue weighted by Gasteiger charge is 2.13. The Morgan fingerprint density at radius 1 is 1.16 bits per heavy atom. The van der Waals surface area contributed by atoms with Gasteiger partial charge in [0, 0.05) is 9.40 Å². The van der Waals surface area contributed by atoms with E-state index in [2.05, 4.69) is 0 Å². The minimum Gasteiger partial charge on any atom is -0.496 e. The van der Waals surface area contributed by atoms with E-state index in [1.54, 1.807) is 30.6 Å². The summed E-state index contributed by atoms with van der Waals surface area (Å²) in [7, 11) is 1.57. The molecule has 0 aliphatic rings. The van der Waals surface area contributed by atoms with Crippen molar-refractivity contribution in [3.05, 3.63) is 51.1 Å². The van der Waals surface area contributed by atoms with Crippen molar-refractivity contribution in [2.75, 3.05) is 7.11 Å². The van der Waals surface area contributed by atoms with Crippen LogP contribution < -0.4 is 10.2 Å². The normalized spacial score (nSPS) is 11.1. The molecule has 0 N–H and O–H groups in total. The predicted octanol–water partition coefficient (Wildman–Crippen LogP) is 4.39. The van der Waals surface area contributed by atoms with Gasteiger partial charge in [0.05, 0.1) is 22.9 Å². The number of ether oxygens (including phenoxy) is 1. The molecule has 0 amide bonds. The number of halogens is 1. The van der Waals surface area contributed by atoms with Crippen LogP contribution in [0.25, 0.3) is 20.2 Å². The molecular formula is C15H11ClO2S. The van der Waals surface area contributed by atoms with Gasteiger partial charge in [-0.3, -0.25) is 4.79 Å². The van der Waals surface area contributed by atoms with Crippen LogP contribution in [-0.2, 0) is 0 Å². The lowest BCUT2D eigenvalue weighted by Gasteiger charge is -2.08. The van der Waals surface area contributed by atoms with E-state index in [4.69, 9.17) is 16.3 Å². The average molecular weight is 291 g/mol. The molecule has 96 valence electrons. The fourth-order valence-corrected chi connectivity index (χ4v) is 3.73. The van der Waals surface area contributed by atoms with E-state index in [1.807, 2.05) is 25.1 Å². The zero-order chi connectivity index (χ0) is 13.6. The molecule has 0 atom stereocenters. The number of methoxy groups -OCH3 is 1. The van der Waals surface area contributed by atoms with E-state index < -0.39 is 0 Å². The molecular weight excluding hydrogens is 280 g/mol. The predicted molar refractivity (Wildman–Crippen MR) is 81.9 cm³/mol. The Labute approximate surface area is 119 Å². The molecule has 0 aliphatic carbocycles. The largest absolute Gasteiger partial charge is 0.496 e. The van der Waals surface area contributed by atoms with Crippen LogP contribution in [0.3, 0.4) is 0 Å². The number of aryl methyl sites for hydroxylation is 1. The third kappa shape index (κ3) is 1.81. The first-order chi connectivity index (χ1) is 9.13. The van der Waals surface area contributed by atoms with E-state index in [-0.39, 0.29) is 5.43 Å². The number of benzene rings is 2. The van der Waals surface area contributed by atoms with Crippen LogP contribution in [0.2, 0.25) is 5.02 Å². The highest BCUT2D eigenvalue weighted by molar-refractivity contribution is 7.24. The first-order valence-corrected chi connectivity index (χ1v) is 7.01. The molecule has 0 saturated carbocycles. The Kier molecular flexibility index (Phi) is 2.96. The van der Waals surface area contributed by atoms with Gasteiger partial charge in [-0.25, -0.2) is 0 Å². The van der Waals surface area contributed by atoms with Gasteiger partial charge in [0.2, 0.25) is 5.43 Å². The monoisotopic (exact) mass is 290 g/mol. The smallest absolute Gasteiger partial charge is 0.201 e. The van der Waals surface area contributed by atoms with Crippen LogP contribution >= 0.6 is 22.9 Å². The first-order valence-electron chi connectivity index (χ1n) is 5.82. The molecule has 1 heterocycles. The molecule has 0 radical (unpaired) electrons. The highest BCUT2D eigenvalue weighted by atomic mass is 35.5. The van der Waals surface area contributed by atoms with Crippen molar-refractivity contribution in [3.8, 4) is 5.75 Å². The van der Waals surface area contributed by atoms with Gasteiger partial charge in [0.15, 0.2) is 0 Å². The second-order valence-corrected chi connectivity index (χ2v) is 5.79. The lowest BCUT2D eigenvalue weighted by atomic mass is 10.1. The van der Waals surface area contributed by atoms with E-state index in [1.165, 1.54) is 0 Å². The molecule has 3 rings (SSSR count). The van der Waals surface area contributed by atoms with Crippen molar-refractivity contribution in [2.45, 2.75) is 6.92 Å². The maximum atomic E-state index is 12.7. The van der Waals surface area contributed by atoms with Crippen molar-refractivity contribution < 1.29 is 4.74 Å². The Balaban J connectivity index is 2.65. The number of hydrogen-bond acceptors (Lipinski definition) is 3. The minimum absolute atomic E-state index is 0.0603. The molecule has 4 heteroatoms. The van der Waals surface area contributed by atoms with E-state index in [0.29, 0.717) is 21.5 Å². The number of rotatable bonds is 1. The van der Waals surface area contributed by atoms with Crippen LogP contribution in [0.15, 0.2) is 35.1 Å². The summed E-state index contributed by atoms with van der Waals surface area (Å²) in [4.78, 5) is 12.7. The first kappa shape index (κ1) is 12.5. The molecule has 2 aromatic carbocycles. The summed E-state index contributed by atoms with van der Waals surface area (Å²) < 4.78 is 7.15. The molecule has 0 fully saturated rings. The Morgan fingerprint density at radius 2 is 1.95 bits per heavy atom. The van der Waals surface area contributed by atoms with Crippen molar-refractivity contribution >= 4 is 43.1 Å². The Morgan fingerprint density at radius 3 is 2.68 bits per heavy atom. The zero-order valence-electron chi connectivity index (χ0n) is 10.5. The van der Waals surface area contributed by atoms with Crippen LogP contribution in [-0.4, -0.2) is 7.11 Å². The van der Waals surface area contributed by atoms with Crippen molar-refractivity contribution in [2.24, 2.45) is 0 Å². The Hall–Kier alpha value is -1.58. The maximum absolute atomic E-state index is 12.7. The number of fused-ring (bicyclic) bond motifs is 2. The third-order valence-electron chi connectivity index (χ3n) is 3.18. The van der Waals surface area contributed by atoms with E-state index in [0.717, 1.165) is 15.0 Å². The summed E-state index contributed by atoms with van der Waals surface area (Å²) in [6.07, 6.45) is 0. The van der Waals surface area contributed by atoms with Crippen molar-refractivity contribution in [3.63, 3.8) is 0 Å². The molecule has 0 bridgehead atoms. The van der Waals surface area contributed by atoms with Crippen LogP contribution in [0.1, 0.15) is 5.56 Å². The lowest BCUT2D eigenvalue weighted by Crippen LogP contribution is -2.04. The molecule has 1 aromatic heterocycles. The summed E-state index contributed by atoms with van der Waals surface area (Å²) in [5, 5.41) is 1.69. The lowest BCUT2D eigenvalue weighted by molar-refractivity contribution is 0.419. The molecule has 3 aromatic rings. The van der Waals surface area contributed by atoms with Crippen molar-refractivity contribution in [1.82, 2.24) is 0 Å². The SMILES string of the molecule is COc1cccc2sc3c(C)ccc(Cl)c3c(=O)c12. The van der Waals surface area contributed by atoms with Crippen LogP contribution in [0.5, 0.6) is 5.75 Å². The molecule has 19 heavy (non-hydrogen) atoms. The second-order valence-electron chi connectivity index (χ2n) is 4.33. The molecule has 0 spiro atoms. The summed E-state index contributed by atoms with van der Waals surface area (Å²) in [6, 6.07) is 9.33. The fourth-order valence-electron chi connectivity index (χ4n) is 2.23. The topological polar surface area (TPSA) is 26.3 Å². The minimum atomic E-state index is -0.0603. The van der Waals surface area contributed by atoms with E-state index in [9.17, 15) is 4.79 Å². The molecule has 0 aliphatic heterocycles.